The summed E-state index contributed by atoms with van der Waals surface area (Å²) in [5, 5.41) is 1.96. The number of amides is 1. The smallest absolute Gasteiger partial charge is 0.310 e. The van der Waals surface area contributed by atoms with Crippen molar-refractivity contribution >= 4 is 23.2 Å². The molecule has 2 heterocycles. The predicted molar refractivity (Wildman–Crippen MR) is 84.8 cm³/mol. The first-order valence-electron chi connectivity index (χ1n) is 7.59. The second kappa shape index (κ2) is 8.29. The topological polar surface area (TPSA) is 55.8 Å². The number of esters is 1. The van der Waals surface area contributed by atoms with Crippen molar-refractivity contribution in [3.63, 3.8) is 0 Å². The SMILES string of the molecule is COC(=O)C(C)CN(CC1CCCO1)C(=O)Cc1cccs1. The molecule has 22 heavy (non-hydrogen) atoms. The molecule has 6 heteroatoms. The average molecular weight is 325 g/mol. The lowest BCUT2D eigenvalue weighted by atomic mass is 10.1. The van der Waals surface area contributed by atoms with Gasteiger partial charge in [0.15, 0.2) is 0 Å². The number of thiophene rings is 1. The Labute approximate surface area is 135 Å². The minimum atomic E-state index is -0.335. The third-order valence-corrected chi connectivity index (χ3v) is 4.68. The van der Waals surface area contributed by atoms with Crippen molar-refractivity contribution in [2.24, 2.45) is 5.92 Å². The van der Waals surface area contributed by atoms with Crippen LogP contribution in [0.1, 0.15) is 24.6 Å². The Morgan fingerprint density at radius 1 is 1.55 bits per heavy atom. The molecule has 0 N–H and O–H groups in total. The second-order valence-electron chi connectivity index (χ2n) is 5.61. The summed E-state index contributed by atoms with van der Waals surface area (Å²) < 4.78 is 10.4. The molecule has 1 aromatic heterocycles. The summed E-state index contributed by atoms with van der Waals surface area (Å²) in [5.41, 5.74) is 0. The van der Waals surface area contributed by atoms with Crippen molar-refractivity contribution in [3.05, 3.63) is 22.4 Å². The monoisotopic (exact) mass is 325 g/mol. The summed E-state index contributed by atoms with van der Waals surface area (Å²) >= 11 is 1.57. The fraction of sp³-hybridized carbons (Fsp3) is 0.625. The number of methoxy groups -OCH3 is 1. The van der Waals surface area contributed by atoms with Crippen LogP contribution in [0.3, 0.4) is 0 Å². The highest BCUT2D eigenvalue weighted by atomic mass is 32.1. The molecule has 1 aromatic rings. The maximum absolute atomic E-state index is 12.6. The first kappa shape index (κ1) is 17.0. The Morgan fingerprint density at radius 3 is 2.95 bits per heavy atom. The molecular formula is C16H23NO4S. The molecule has 0 saturated carbocycles. The van der Waals surface area contributed by atoms with Gasteiger partial charge in [0.1, 0.15) is 0 Å². The van der Waals surface area contributed by atoms with Crippen molar-refractivity contribution in [2.75, 3.05) is 26.8 Å². The zero-order valence-electron chi connectivity index (χ0n) is 13.1. The van der Waals surface area contributed by atoms with Gasteiger partial charge in [0, 0.05) is 24.6 Å². The molecule has 1 aliphatic rings. The second-order valence-corrected chi connectivity index (χ2v) is 6.65. The van der Waals surface area contributed by atoms with E-state index in [1.807, 2.05) is 17.5 Å². The minimum Gasteiger partial charge on any atom is -0.469 e. The van der Waals surface area contributed by atoms with Gasteiger partial charge in [0.2, 0.25) is 5.91 Å². The number of nitrogens with zero attached hydrogens (tertiary/aromatic N) is 1. The van der Waals surface area contributed by atoms with Gasteiger partial charge in [-0.25, -0.2) is 0 Å². The minimum absolute atomic E-state index is 0.0358. The summed E-state index contributed by atoms with van der Waals surface area (Å²) in [6, 6.07) is 3.89. The third kappa shape index (κ3) is 4.81. The summed E-state index contributed by atoms with van der Waals surface area (Å²) in [5.74, 6) is -0.589. The van der Waals surface area contributed by atoms with Crippen LogP contribution in [0, 0.1) is 5.92 Å². The van der Waals surface area contributed by atoms with Crippen LogP contribution >= 0.6 is 11.3 Å². The van der Waals surface area contributed by atoms with Gasteiger partial charge in [-0.2, -0.15) is 0 Å². The predicted octanol–water partition coefficient (Wildman–Crippen LogP) is 2.11. The highest BCUT2D eigenvalue weighted by molar-refractivity contribution is 7.10. The van der Waals surface area contributed by atoms with Gasteiger partial charge in [-0.15, -0.1) is 11.3 Å². The molecule has 2 unspecified atom stereocenters. The van der Waals surface area contributed by atoms with Crippen LogP contribution in [0.4, 0.5) is 0 Å². The number of rotatable bonds is 7. The number of hydrogen-bond acceptors (Lipinski definition) is 5. The van der Waals surface area contributed by atoms with E-state index in [4.69, 9.17) is 9.47 Å². The van der Waals surface area contributed by atoms with Crippen LogP contribution in [-0.2, 0) is 25.5 Å². The molecule has 2 rings (SSSR count). The van der Waals surface area contributed by atoms with Crippen LogP contribution in [0.25, 0.3) is 0 Å². The maximum Gasteiger partial charge on any atom is 0.310 e. The Morgan fingerprint density at radius 2 is 2.36 bits per heavy atom. The van der Waals surface area contributed by atoms with Crippen LogP contribution in [0.2, 0.25) is 0 Å². The zero-order chi connectivity index (χ0) is 15.9. The molecule has 0 bridgehead atoms. The molecule has 1 aliphatic heterocycles. The Bertz CT molecular complexity index is 482. The molecule has 0 radical (unpaired) electrons. The van der Waals surface area contributed by atoms with E-state index in [1.165, 1.54) is 7.11 Å². The number of carbonyl (C=O) groups is 2. The molecular weight excluding hydrogens is 302 g/mol. The van der Waals surface area contributed by atoms with Crippen LogP contribution in [0.5, 0.6) is 0 Å². The van der Waals surface area contributed by atoms with Crippen molar-refractivity contribution < 1.29 is 19.1 Å². The van der Waals surface area contributed by atoms with Gasteiger partial charge in [-0.1, -0.05) is 13.0 Å². The van der Waals surface area contributed by atoms with Gasteiger partial charge >= 0.3 is 5.97 Å². The van der Waals surface area contributed by atoms with Crippen LogP contribution in [-0.4, -0.2) is 49.7 Å². The fourth-order valence-corrected chi connectivity index (χ4v) is 3.29. The Hall–Kier alpha value is -1.40. The largest absolute Gasteiger partial charge is 0.469 e. The molecule has 1 saturated heterocycles. The van der Waals surface area contributed by atoms with Gasteiger partial charge in [0.25, 0.3) is 0 Å². The number of hydrogen-bond donors (Lipinski definition) is 0. The Kier molecular flexibility index (Phi) is 6.39. The van der Waals surface area contributed by atoms with Crippen molar-refractivity contribution in [3.8, 4) is 0 Å². The van der Waals surface area contributed by atoms with E-state index in [0.717, 1.165) is 24.3 Å². The average Bonchev–Trinajstić information content (AvgIpc) is 3.19. The lowest BCUT2D eigenvalue weighted by molar-refractivity contribution is -0.146. The van der Waals surface area contributed by atoms with E-state index in [2.05, 4.69) is 0 Å². The normalized spacial score (nSPS) is 18.9. The standard InChI is InChI=1S/C16H23NO4S/c1-12(16(19)20-2)10-17(11-13-5-3-7-21-13)15(18)9-14-6-4-8-22-14/h4,6,8,12-13H,3,5,7,9-11H2,1-2H3. The van der Waals surface area contributed by atoms with E-state index in [-0.39, 0.29) is 23.9 Å². The first-order chi connectivity index (χ1) is 10.6. The fourth-order valence-electron chi connectivity index (χ4n) is 2.59. The highest BCUT2D eigenvalue weighted by Crippen LogP contribution is 2.17. The molecule has 1 amide bonds. The van der Waals surface area contributed by atoms with Crippen molar-refractivity contribution in [1.82, 2.24) is 4.90 Å². The van der Waals surface area contributed by atoms with E-state index in [9.17, 15) is 9.59 Å². The first-order valence-corrected chi connectivity index (χ1v) is 8.47. The molecule has 5 nitrogen and oxygen atoms in total. The molecule has 0 aromatic carbocycles. The maximum atomic E-state index is 12.6. The number of carbonyl (C=O) groups excluding carboxylic acids is 2. The lowest BCUT2D eigenvalue weighted by Gasteiger charge is -2.27. The molecule has 1 fully saturated rings. The van der Waals surface area contributed by atoms with E-state index < -0.39 is 0 Å². The highest BCUT2D eigenvalue weighted by Gasteiger charge is 2.26. The van der Waals surface area contributed by atoms with Crippen LogP contribution < -0.4 is 0 Å². The lowest BCUT2D eigenvalue weighted by Crippen LogP contribution is -2.42. The molecule has 2 atom stereocenters. The van der Waals surface area contributed by atoms with Crippen molar-refractivity contribution in [2.45, 2.75) is 32.3 Å². The van der Waals surface area contributed by atoms with E-state index in [1.54, 1.807) is 23.2 Å². The Balaban J connectivity index is 1.99. The summed E-state index contributed by atoms with van der Waals surface area (Å²) in [6.45, 7) is 3.46. The van der Waals surface area contributed by atoms with Gasteiger partial charge in [0.05, 0.1) is 25.6 Å². The third-order valence-electron chi connectivity index (χ3n) is 3.80. The number of ether oxygens (including phenoxy) is 2. The van der Waals surface area contributed by atoms with Gasteiger partial charge in [-0.3, -0.25) is 9.59 Å². The quantitative estimate of drug-likeness (QED) is 0.721. The van der Waals surface area contributed by atoms with Crippen LogP contribution in [0.15, 0.2) is 17.5 Å². The van der Waals surface area contributed by atoms with Gasteiger partial charge < -0.3 is 14.4 Å². The molecule has 0 aliphatic carbocycles. The summed E-state index contributed by atoms with van der Waals surface area (Å²) in [4.78, 5) is 27.0. The van der Waals surface area contributed by atoms with E-state index >= 15 is 0 Å². The van der Waals surface area contributed by atoms with E-state index in [0.29, 0.717) is 19.5 Å². The zero-order valence-corrected chi connectivity index (χ0v) is 13.9. The molecule has 0 spiro atoms. The summed E-state index contributed by atoms with van der Waals surface area (Å²) in [7, 11) is 1.37. The van der Waals surface area contributed by atoms with Gasteiger partial charge in [-0.05, 0) is 24.3 Å². The molecule has 122 valence electrons. The van der Waals surface area contributed by atoms with Crippen molar-refractivity contribution in [1.29, 1.82) is 0 Å². The summed E-state index contributed by atoms with van der Waals surface area (Å²) in [6.07, 6.45) is 2.45.